The van der Waals surface area contributed by atoms with Gasteiger partial charge in [-0.25, -0.2) is 0 Å². The third-order valence-electron chi connectivity index (χ3n) is 8.01. The minimum absolute atomic E-state index is 0.0460. The summed E-state index contributed by atoms with van der Waals surface area (Å²) in [5.41, 5.74) is 1.78. The first-order valence-electron chi connectivity index (χ1n) is 13.4. The Morgan fingerprint density at radius 2 is 1.74 bits per heavy atom. The van der Waals surface area contributed by atoms with Crippen LogP contribution in [0.5, 0.6) is 5.75 Å². The number of benzene rings is 2. The molecule has 1 aliphatic heterocycles. The van der Waals surface area contributed by atoms with Crippen molar-refractivity contribution in [2.75, 3.05) is 19.7 Å². The number of fused-ring (bicyclic) bond motifs is 1. The lowest BCUT2D eigenvalue weighted by molar-refractivity contribution is -0.144. The molecule has 0 bridgehead atoms. The zero-order chi connectivity index (χ0) is 24.1. The van der Waals surface area contributed by atoms with Crippen LogP contribution in [0.15, 0.2) is 36.4 Å². The lowest BCUT2D eigenvalue weighted by Crippen LogP contribution is -2.34. The Balaban J connectivity index is 1.33. The van der Waals surface area contributed by atoms with Crippen LogP contribution in [0.2, 0.25) is 0 Å². The molecule has 0 spiro atoms. The smallest absolute Gasteiger partial charge is 0.306 e. The summed E-state index contributed by atoms with van der Waals surface area (Å²) >= 11 is 0. The Morgan fingerprint density at radius 1 is 1.00 bits per heavy atom. The first-order valence-corrected chi connectivity index (χ1v) is 13.4. The second-order valence-electron chi connectivity index (χ2n) is 11.5. The number of rotatable bonds is 7. The number of carbonyl (C=O) groups excluding carboxylic acids is 1. The fraction of sp³-hybridized carbons (Fsp3) is 0.633. The fourth-order valence-electron chi connectivity index (χ4n) is 5.82. The quantitative estimate of drug-likeness (QED) is 0.413. The molecule has 0 amide bonds. The third-order valence-corrected chi connectivity index (χ3v) is 8.01. The molecular formula is C30H43NO3. The molecule has 4 nitrogen and oxygen atoms in total. The van der Waals surface area contributed by atoms with Gasteiger partial charge in [-0.05, 0) is 104 Å². The summed E-state index contributed by atoms with van der Waals surface area (Å²) in [6, 6.07) is 13.3. The van der Waals surface area contributed by atoms with E-state index in [9.17, 15) is 4.79 Å². The van der Waals surface area contributed by atoms with E-state index in [4.69, 9.17) is 9.47 Å². The molecule has 0 unspecified atom stereocenters. The van der Waals surface area contributed by atoms with Gasteiger partial charge in [0.25, 0.3) is 0 Å². The lowest BCUT2D eigenvalue weighted by Gasteiger charge is -2.37. The molecule has 1 heterocycles. The van der Waals surface area contributed by atoms with Gasteiger partial charge in [-0.2, -0.15) is 0 Å². The van der Waals surface area contributed by atoms with Crippen molar-refractivity contribution in [3.8, 4) is 5.75 Å². The van der Waals surface area contributed by atoms with Crippen LogP contribution in [0.3, 0.4) is 0 Å². The van der Waals surface area contributed by atoms with Crippen molar-refractivity contribution in [1.29, 1.82) is 0 Å². The number of esters is 1. The first kappa shape index (κ1) is 25.0. The van der Waals surface area contributed by atoms with Crippen LogP contribution >= 0.6 is 0 Å². The number of ether oxygens (including phenoxy) is 2. The zero-order valence-electron chi connectivity index (χ0n) is 21.6. The summed E-state index contributed by atoms with van der Waals surface area (Å²) in [7, 11) is 0. The van der Waals surface area contributed by atoms with Gasteiger partial charge in [0.15, 0.2) is 0 Å². The van der Waals surface area contributed by atoms with Gasteiger partial charge in [0.1, 0.15) is 5.75 Å². The van der Waals surface area contributed by atoms with E-state index in [-0.39, 0.29) is 5.97 Å². The molecule has 2 fully saturated rings. The summed E-state index contributed by atoms with van der Waals surface area (Å²) in [6.07, 6.45) is 7.90. The SMILES string of the molecule is CCOC(=O)CC1CCN(Cc2cccc3cc(OC4CCC(C(C)(C)C)CC4)ccc23)CC1. The Morgan fingerprint density at radius 3 is 2.41 bits per heavy atom. The molecule has 2 aliphatic rings. The average Bonchev–Trinajstić information content (AvgIpc) is 2.80. The van der Waals surface area contributed by atoms with Gasteiger partial charge in [0, 0.05) is 13.0 Å². The molecule has 186 valence electrons. The minimum atomic E-state index is -0.0460. The summed E-state index contributed by atoms with van der Waals surface area (Å²) < 4.78 is 11.6. The maximum atomic E-state index is 11.8. The van der Waals surface area contributed by atoms with Gasteiger partial charge in [-0.15, -0.1) is 0 Å². The van der Waals surface area contributed by atoms with Crippen molar-refractivity contribution < 1.29 is 14.3 Å². The van der Waals surface area contributed by atoms with Crippen LogP contribution in [0.25, 0.3) is 10.8 Å². The number of carbonyl (C=O) groups is 1. The molecule has 4 rings (SSSR count). The first-order chi connectivity index (χ1) is 16.3. The molecule has 2 aromatic rings. The summed E-state index contributed by atoms with van der Waals surface area (Å²) in [5, 5.41) is 2.58. The van der Waals surface area contributed by atoms with Gasteiger partial charge < -0.3 is 9.47 Å². The highest BCUT2D eigenvalue weighted by Gasteiger charge is 2.30. The molecule has 1 saturated heterocycles. The summed E-state index contributed by atoms with van der Waals surface area (Å²) in [4.78, 5) is 14.3. The molecule has 0 atom stereocenters. The Bertz CT molecular complexity index is 947. The monoisotopic (exact) mass is 465 g/mol. The summed E-state index contributed by atoms with van der Waals surface area (Å²) in [5.74, 6) is 2.22. The van der Waals surface area contributed by atoms with Crippen LogP contribution in [-0.2, 0) is 16.1 Å². The Hall–Kier alpha value is -2.07. The van der Waals surface area contributed by atoms with E-state index >= 15 is 0 Å². The largest absolute Gasteiger partial charge is 0.490 e. The second kappa shape index (κ2) is 11.1. The molecular weight excluding hydrogens is 422 g/mol. The standard InChI is InChI=1S/C30H43NO3/c1-5-33-29(32)19-22-15-17-31(18-16-22)21-24-8-6-7-23-20-27(13-14-28(23)24)34-26-11-9-25(10-12-26)30(2,3)4/h6-8,13-14,20,22,25-26H,5,9-12,15-19,21H2,1-4H3. The Labute approximate surface area is 206 Å². The van der Waals surface area contributed by atoms with Gasteiger partial charge in [-0.3, -0.25) is 9.69 Å². The van der Waals surface area contributed by atoms with Gasteiger partial charge in [0.05, 0.1) is 12.7 Å². The van der Waals surface area contributed by atoms with Gasteiger partial charge >= 0.3 is 5.97 Å². The maximum absolute atomic E-state index is 11.8. The van der Waals surface area contributed by atoms with Crippen LogP contribution in [0.1, 0.15) is 78.2 Å². The van der Waals surface area contributed by atoms with E-state index in [1.54, 1.807) is 0 Å². The average molecular weight is 466 g/mol. The fourth-order valence-corrected chi connectivity index (χ4v) is 5.82. The Kier molecular flexibility index (Phi) is 8.18. The number of likely N-dealkylation sites (tertiary alicyclic amines) is 1. The maximum Gasteiger partial charge on any atom is 0.306 e. The highest BCUT2D eigenvalue weighted by atomic mass is 16.5. The number of piperidine rings is 1. The topological polar surface area (TPSA) is 38.8 Å². The zero-order valence-corrected chi connectivity index (χ0v) is 21.6. The van der Waals surface area contributed by atoms with Crippen molar-refractivity contribution in [3.63, 3.8) is 0 Å². The van der Waals surface area contributed by atoms with E-state index in [0.29, 0.717) is 30.5 Å². The minimum Gasteiger partial charge on any atom is -0.490 e. The van der Waals surface area contributed by atoms with Crippen LogP contribution in [0.4, 0.5) is 0 Å². The highest BCUT2D eigenvalue weighted by molar-refractivity contribution is 5.87. The van der Waals surface area contributed by atoms with E-state index in [1.807, 2.05) is 6.92 Å². The molecule has 0 radical (unpaired) electrons. The van der Waals surface area contributed by atoms with Crippen molar-refractivity contribution in [2.24, 2.45) is 17.3 Å². The van der Waals surface area contributed by atoms with E-state index in [1.165, 1.54) is 29.2 Å². The van der Waals surface area contributed by atoms with Crippen LogP contribution in [0, 0.1) is 17.3 Å². The van der Waals surface area contributed by atoms with Gasteiger partial charge in [-0.1, -0.05) is 45.0 Å². The van der Waals surface area contributed by atoms with Crippen molar-refractivity contribution in [2.45, 2.75) is 85.3 Å². The van der Waals surface area contributed by atoms with Crippen LogP contribution < -0.4 is 4.74 Å². The molecule has 34 heavy (non-hydrogen) atoms. The molecule has 1 saturated carbocycles. The van der Waals surface area contributed by atoms with Crippen molar-refractivity contribution in [3.05, 3.63) is 42.0 Å². The van der Waals surface area contributed by atoms with E-state index in [2.05, 4.69) is 62.1 Å². The predicted molar refractivity (Wildman–Crippen MR) is 139 cm³/mol. The van der Waals surface area contributed by atoms with Crippen molar-refractivity contribution >= 4 is 16.7 Å². The predicted octanol–water partition coefficient (Wildman–Crippen LogP) is 6.99. The van der Waals surface area contributed by atoms with Crippen LogP contribution in [-0.4, -0.2) is 36.7 Å². The van der Waals surface area contributed by atoms with Gasteiger partial charge in [0.2, 0.25) is 0 Å². The van der Waals surface area contributed by atoms with E-state index in [0.717, 1.165) is 57.0 Å². The second-order valence-corrected chi connectivity index (χ2v) is 11.5. The molecule has 0 aromatic heterocycles. The third kappa shape index (κ3) is 6.53. The normalized spacial score (nSPS) is 22.6. The van der Waals surface area contributed by atoms with Crippen molar-refractivity contribution in [1.82, 2.24) is 4.90 Å². The molecule has 1 aliphatic carbocycles. The molecule has 4 heteroatoms. The molecule has 0 N–H and O–H groups in total. The number of hydrogen-bond donors (Lipinski definition) is 0. The summed E-state index contributed by atoms with van der Waals surface area (Å²) in [6.45, 7) is 12.5. The number of nitrogens with zero attached hydrogens (tertiary/aromatic N) is 1. The number of hydrogen-bond acceptors (Lipinski definition) is 4. The van der Waals surface area contributed by atoms with E-state index < -0.39 is 0 Å². The highest BCUT2D eigenvalue weighted by Crippen LogP contribution is 2.39. The molecule has 2 aromatic carbocycles. The lowest BCUT2D eigenvalue weighted by atomic mass is 9.72.